The fourth-order valence-electron chi connectivity index (χ4n) is 4.28. The average Bonchev–Trinajstić information content (AvgIpc) is 2.81. The number of rotatable bonds is 18. The zero-order valence-corrected chi connectivity index (χ0v) is 20.7. The van der Waals surface area contributed by atoms with Gasteiger partial charge in [-0.3, -0.25) is 10.2 Å². The minimum Gasteiger partial charge on any atom is -0.427 e. The van der Waals surface area contributed by atoms with E-state index >= 15 is 0 Å². The van der Waals surface area contributed by atoms with E-state index < -0.39 is 0 Å². The molecule has 2 rings (SSSR count). The molecule has 0 aliphatic heterocycles. The molecule has 182 valence electrons. The predicted octanol–water partition coefficient (Wildman–Crippen LogP) is 8.29. The Bertz CT molecular complexity index is 847. The van der Waals surface area contributed by atoms with E-state index in [1.165, 1.54) is 83.5 Å². The van der Waals surface area contributed by atoms with Crippen molar-refractivity contribution in [3.63, 3.8) is 0 Å². The number of nitrogens with two attached hydrogens (primary N) is 1. The van der Waals surface area contributed by atoms with Crippen molar-refractivity contribution in [3.8, 4) is 5.75 Å². The first-order valence-corrected chi connectivity index (χ1v) is 13.2. The van der Waals surface area contributed by atoms with Crippen LogP contribution in [0.1, 0.15) is 115 Å². The number of esters is 1. The van der Waals surface area contributed by atoms with Gasteiger partial charge in [-0.25, -0.2) is 0 Å². The van der Waals surface area contributed by atoms with Crippen LogP contribution in [0.4, 0.5) is 0 Å². The Labute approximate surface area is 200 Å². The van der Waals surface area contributed by atoms with Gasteiger partial charge in [-0.2, -0.15) is 0 Å². The lowest BCUT2D eigenvalue weighted by molar-refractivity contribution is -0.134. The number of amidine groups is 1. The van der Waals surface area contributed by atoms with Gasteiger partial charge in [-0.15, -0.1) is 0 Å². The van der Waals surface area contributed by atoms with Crippen LogP contribution in [0.2, 0.25) is 0 Å². The van der Waals surface area contributed by atoms with Crippen LogP contribution in [0, 0.1) is 5.41 Å². The molecule has 0 saturated heterocycles. The van der Waals surface area contributed by atoms with Crippen molar-refractivity contribution in [1.29, 1.82) is 5.41 Å². The number of fused-ring (bicyclic) bond motifs is 1. The molecule has 0 radical (unpaired) electrons. The molecule has 0 atom stereocenters. The molecular weight excluding hydrogens is 408 g/mol. The highest BCUT2D eigenvalue weighted by Gasteiger charge is 2.07. The number of carbonyl (C=O) groups is 1. The molecule has 4 nitrogen and oxygen atoms in total. The average molecular weight is 453 g/mol. The minimum atomic E-state index is -0.163. The van der Waals surface area contributed by atoms with E-state index in [-0.39, 0.29) is 11.8 Å². The van der Waals surface area contributed by atoms with Crippen LogP contribution < -0.4 is 10.5 Å². The molecule has 0 heterocycles. The SMILES string of the molecule is CCCCCCCCCCCCCCCCCC(=O)Oc1ccc2cc(C(=N)N)ccc2c1. The first-order valence-electron chi connectivity index (χ1n) is 13.2. The van der Waals surface area contributed by atoms with Crippen LogP contribution in [0.5, 0.6) is 5.75 Å². The number of unbranched alkanes of at least 4 members (excludes halogenated alkanes) is 14. The second kappa shape index (κ2) is 16.3. The second-order valence-electron chi connectivity index (χ2n) is 9.31. The molecule has 0 aliphatic rings. The van der Waals surface area contributed by atoms with Crippen molar-refractivity contribution in [3.05, 3.63) is 42.0 Å². The Morgan fingerprint density at radius 1 is 0.727 bits per heavy atom. The van der Waals surface area contributed by atoms with E-state index in [4.69, 9.17) is 15.9 Å². The van der Waals surface area contributed by atoms with E-state index in [1.54, 1.807) is 6.07 Å². The maximum Gasteiger partial charge on any atom is 0.311 e. The maximum atomic E-state index is 12.2. The first kappa shape index (κ1) is 26.9. The first-order chi connectivity index (χ1) is 16.1. The van der Waals surface area contributed by atoms with Crippen molar-refractivity contribution in [1.82, 2.24) is 0 Å². The Balaban J connectivity index is 1.47. The van der Waals surface area contributed by atoms with Gasteiger partial charge in [0, 0.05) is 12.0 Å². The molecule has 2 aromatic rings. The third-order valence-corrected chi connectivity index (χ3v) is 6.34. The standard InChI is InChI=1S/C29H44N2O2/c1-2-3-4-5-6-7-8-9-10-11-12-13-14-15-16-17-28(32)33-27-21-20-24-22-26(29(30)31)19-18-25(24)23-27/h18-23H,2-17H2,1H3,(H3,30,31). The third-order valence-electron chi connectivity index (χ3n) is 6.34. The van der Waals surface area contributed by atoms with Gasteiger partial charge in [0.2, 0.25) is 0 Å². The molecule has 0 aliphatic carbocycles. The fraction of sp³-hybridized carbons (Fsp3) is 0.586. The summed E-state index contributed by atoms with van der Waals surface area (Å²) in [5.41, 5.74) is 6.24. The lowest BCUT2D eigenvalue weighted by Crippen LogP contribution is -2.10. The smallest absolute Gasteiger partial charge is 0.311 e. The van der Waals surface area contributed by atoms with Gasteiger partial charge in [0.15, 0.2) is 0 Å². The van der Waals surface area contributed by atoms with Crippen LogP contribution in [0.15, 0.2) is 36.4 Å². The summed E-state index contributed by atoms with van der Waals surface area (Å²) in [7, 11) is 0. The number of hydrogen-bond donors (Lipinski definition) is 2. The van der Waals surface area contributed by atoms with Crippen molar-refractivity contribution in [2.45, 2.75) is 110 Å². The molecule has 2 aromatic carbocycles. The van der Waals surface area contributed by atoms with Gasteiger partial charge in [-0.05, 0) is 35.4 Å². The molecule has 0 unspecified atom stereocenters. The maximum absolute atomic E-state index is 12.2. The van der Waals surface area contributed by atoms with Gasteiger partial charge in [0.1, 0.15) is 11.6 Å². The fourth-order valence-corrected chi connectivity index (χ4v) is 4.28. The van der Waals surface area contributed by atoms with Crippen LogP contribution in [0.3, 0.4) is 0 Å². The van der Waals surface area contributed by atoms with Crippen LogP contribution >= 0.6 is 0 Å². The molecule has 0 aromatic heterocycles. The Morgan fingerprint density at radius 3 is 1.76 bits per heavy atom. The van der Waals surface area contributed by atoms with Gasteiger partial charge in [-0.1, -0.05) is 115 Å². The quantitative estimate of drug-likeness (QED) is 0.0785. The molecular formula is C29H44N2O2. The summed E-state index contributed by atoms with van der Waals surface area (Å²) in [6, 6.07) is 11.2. The zero-order chi connectivity index (χ0) is 23.7. The lowest BCUT2D eigenvalue weighted by atomic mass is 10.0. The van der Waals surface area contributed by atoms with Gasteiger partial charge in [0.05, 0.1) is 0 Å². The molecule has 0 fully saturated rings. The number of nitrogens with one attached hydrogen (secondary N) is 1. The van der Waals surface area contributed by atoms with Crippen LogP contribution in [-0.4, -0.2) is 11.8 Å². The highest BCUT2D eigenvalue weighted by Crippen LogP contribution is 2.23. The summed E-state index contributed by atoms with van der Waals surface area (Å²) < 4.78 is 5.51. The second-order valence-corrected chi connectivity index (χ2v) is 9.31. The van der Waals surface area contributed by atoms with E-state index in [2.05, 4.69) is 6.92 Å². The normalized spacial score (nSPS) is 11.1. The highest BCUT2D eigenvalue weighted by atomic mass is 16.5. The topological polar surface area (TPSA) is 76.2 Å². The van der Waals surface area contributed by atoms with E-state index in [0.717, 1.165) is 23.6 Å². The molecule has 4 heteroatoms. The molecule has 0 saturated carbocycles. The van der Waals surface area contributed by atoms with Gasteiger partial charge < -0.3 is 10.5 Å². The van der Waals surface area contributed by atoms with E-state index in [0.29, 0.717) is 17.7 Å². The Morgan fingerprint density at radius 2 is 1.21 bits per heavy atom. The number of ether oxygens (including phenoxy) is 1. The van der Waals surface area contributed by atoms with Crippen LogP contribution in [-0.2, 0) is 4.79 Å². The van der Waals surface area contributed by atoms with Crippen molar-refractivity contribution in [2.75, 3.05) is 0 Å². The summed E-state index contributed by atoms with van der Waals surface area (Å²) in [5.74, 6) is 0.462. The molecule has 3 N–H and O–H groups in total. The van der Waals surface area contributed by atoms with Crippen molar-refractivity contribution in [2.24, 2.45) is 5.73 Å². The summed E-state index contributed by atoms with van der Waals surface area (Å²) in [6.45, 7) is 2.27. The molecule has 0 amide bonds. The molecule has 0 bridgehead atoms. The summed E-state index contributed by atoms with van der Waals surface area (Å²) in [6.07, 6.45) is 20.2. The molecule has 33 heavy (non-hydrogen) atoms. The largest absolute Gasteiger partial charge is 0.427 e. The monoisotopic (exact) mass is 452 g/mol. The van der Waals surface area contributed by atoms with Gasteiger partial charge >= 0.3 is 5.97 Å². The predicted molar refractivity (Wildman–Crippen MR) is 140 cm³/mol. The zero-order valence-electron chi connectivity index (χ0n) is 20.7. The third kappa shape index (κ3) is 11.4. The number of carbonyl (C=O) groups excluding carboxylic acids is 1. The Kier molecular flexibility index (Phi) is 13.3. The number of benzene rings is 2. The number of nitrogen functional groups attached to an aromatic ring is 1. The molecule has 0 spiro atoms. The van der Waals surface area contributed by atoms with Crippen LogP contribution in [0.25, 0.3) is 10.8 Å². The Hall–Kier alpha value is -2.36. The summed E-state index contributed by atoms with van der Waals surface area (Å²) in [4.78, 5) is 12.2. The summed E-state index contributed by atoms with van der Waals surface area (Å²) in [5, 5.41) is 9.48. The summed E-state index contributed by atoms with van der Waals surface area (Å²) >= 11 is 0. The van der Waals surface area contributed by atoms with E-state index in [1.807, 2.05) is 30.3 Å². The van der Waals surface area contributed by atoms with Crippen molar-refractivity contribution < 1.29 is 9.53 Å². The van der Waals surface area contributed by atoms with Crippen molar-refractivity contribution >= 4 is 22.6 Å². The van der Waals surface area contributed by atoms with E-state index in [9.17, 15) is 4.79 Å². The van der Waals surface area contributed by atoms with Gasteiger partial charge in [0.25, 0.3) is 0 Å². The highest BCUT2D eigenvalue weighted by molar-refractivity contribution is 5.99. The number of hydrogen-bond acceptors (Lipinski definition) is 3. The lowest BCUT2D eigenvalue weighted by Gasteiger charge is -2.07. The minimum absolute atomic E-state index is 0.0518.